The number of aryl methyl sites for hydroxylation is 1. The summed E-state index contributed by atoms with van der Waals surface area (Å²) in [7, 11) is -3.69. The predicted octanol–water partition coefficient (Wildman–Crippen LogP) is 1.17. The summed E-state index contributed by atoms with van der Waals surface area (Å²) in [6.45, 7) is 3.13. The van der Waals surface area contributed by atoms with Crippen LogP contribution in [0.2, 0.25) is 0 Å². The van der Waals surface area contributed by atoms with Crippen molar-refractivity contribution in [2.24, 2.45) is 4.99 Å². The molecule has 4 rings (SSSR count). The van der Waals surface area contributed by atoms with Gasteiger partial charge in [-0.05, 0) is 37.6 Å². The summed E-state index contributed by atoms with van der Waals surface area (Å²) in [5, 5.41) is 0. The van der Waals surface area contributed by atoms with Crippen LogP contribution in [0.5, 0.6) is 0 Å². The van der Waals surface area contributed by atoms with Gasteiger partial charge in [-0.15, -0.1) is 0 Å². The lowest BCUT2D eigenvalue weighted by Crippen LogP contribution is -2.27. The summed E-state index contributed by atoms with van der Waals surface area (Å²) in [6, 6.07) is 10.3. The lowest BCUT2D eigenvalue weighted by Gasteiger charge is -2.10. The van der Waals surface area contributed by atoms with E-state index >= 15 is 0 Å². The Kier molecular flexibility index (Phi) is 4.86. The standard InChI is InChI=1S/C20H18N4O5S/c1-12-6-5-9-24-17(25)10-14(22-19(12)24)11-29-20(26)13(2)21-18-15-7-3-4-8-16(15)30(27,28)23-18/h3-10,13H,11H2,1-2H3,(H,21,23). The van der Waals surface area contributed by atoms with Gasteiger partial charge in [-0.3, -0.25) is 18.9 Å². The van der Waals surface area contributed by atoms with Crippen LogP contribution in [0, 0.1) is 6.92 Å². The van der Waals surface area contributed by atoms with Crippen molar-refractivity contribution in [3.8, 4) is 0 Å². The summed E-state index contributed by atoms with van der Waals surface area (Å²) in [6.07, 6.45) is 1.62. The third kappa shape index (κ3) is 3.57. The molecule has 1 atom stereocenters. The fourth-order valence-electron chi connectivity index (χ4n) is 3.12. The highest BCUT2D eigenvalue weighted by Gasteiger charge is 2.31. The quantitative estimate of drug-likeness (QED) is 0.626. The number of fused-ring (bicyclic) bond motifs is 2. The fourth-order valence-corrected chi connectivity index (χ4v) is 4.36. The first kappa shape index (κ1) is 19.8. The summed E-state index contributed by atoms with van der Waals surface area (Å²) < 4.78 is 33.3. The lowest BCUT2D eigenvalue weighted by molar-refractivity contribution is -0.146. The number of hydrogen-bond donors (Lipinski definition) is 1. The second-order valence-corrected chi connectivity index (χ2v) is 8.48. The van der Waals surface area contributed by atoms with Crippen molar-refractivity contribution in [1.82, 2.24) is 14.1 Å². The van der Waals surface area contributed by atoms with E-state index in [1.807, 2.05) is 13.0 Å². The van der Waals surface area contributed by atoms with Gasteiger partial charge < -0.3 is 4.74 Å². The van der Waals surface area contributed by atoms with Crippen LogP contribution in [0.1, 0.15) is 23.7 Å². The van der Waals surface area contributed by atoms with Crippen molar-refractivity contribution in [2.75, 3.05) is 0 Å². The molecule has 1 N–H and O–H groups in total. The van der Waals surface area contributed by atoms with E-state index in [1.165, 1.54) is 23.5 Å². The maximum atomic E-state index is 12.4. The molecule has 0 saturated carbocycles. The number of ether oxygens (including phenoxy) is 1. The number of sulfonamides is 1. The number of aliphatic imine (C=N–C) groups is 1. The van der Waals surface area contributed by atoms with Crippen molar-refractivity contribution < 1.29 is 17.9 Å². The van der Waals surface area contributed by atoms with Crippen LogP contribution in [0.25, 0.3) is 5.65 Å². The van der Waals surface area contributed by atoms with Crippen molar-refractivity contribution >= 4 is 27.5 Å². The first-order valence-corrected chi connectivity index (χ1v) is 10.6. The zero-order valence-corrected chi connectivity index (χ0v) is 17.0. The van der Waals surface area contributed by atoms with Gasteiger partial charge >= 0.3 is 5.97 Å². The van der Waals surface area contributed by atoms with Crippen molar-refractivity contribution in [2.45, 2.75) is 31.4 Å². The minimum Gasteiger partial charge on any atom is -0.458 e. The molecule has 3 aromatic rings. The minimum absolute atomic E-state index is 0.0905. The first-order chi connectivity index (χ1) is 14.3. The maximum absolute atomic E-state index is 12.4. The molecule has 1 aromatic carbocycles. The number of carbonyl (C=O) groups is 1. The van der Waals surface area contributed by atoms with Crippen LogP contribution >= 0.6 is 0 Å². The Morgan fingerprint density at radius 1 is 1.27 bits per heavy atom. The van der Waals surface area contributed by atoms with E-state index in [2.05, 4.69) is 14.7 Å². The van der Waals surface area contributed by atoms with Crippen LogP contribution in [-0.4, -0.2) is 35.6 Å². The Morgan fingerprint density at radius 3 is 2.83 bits per heavy atom. The van der Waals surface area contributed by atoms with Gasteiger partial charge in [-0.2, -0.15) is 0 Å². The molecule has 154 valence electrons. The molecular weight excluding hydrogens is 408 g/mol. The van der Waals surface area contributed by atoms with Crippen molar-refractivity contribution in [1.29, 1.82) is 0 Å². The number of rotatable bonds is 4. The Hall–Kier alpha value is -3.53. The Labute approximate surface area is 172 Å². The number of nitrogens with one attached hydrogen (secondary N) is 1. The number of aromatic nitrogens is 2. The van der Waals surface area contributed by atoms with Crippen LogP contribution in [0.15, 0.2) is 63.3 Å². The summed E-state index contributed by atoms with van der Waals surface area (Å²) in [4.78, 5) is 33.3. The van der Waals surface area contributed by atoms with Gasteiger partial charge in [0.05, 0.1) is 10.6 Å². The first-order valence-electron chi connectivity index (χ1n) is 9.11. The van der Waals surface area contributed by atoms with Gasteiger partial charge in [0.25, 0.3) is 15.6 Å². The van der Waals surface area contributed by atoms with Crippen LogP contribution < -0.4 is 10.3 Å². The van der Waals surface area contributed by atoms with Gasteiger partial charge in [0.15, 0.2) is 0 Å². The predicted molar refractivity (Wildman–Crippen MR) is 109 cm³/mol. The molecule has 0 saturated heterocycles. The van der Waals surface area contributed by atoms with E-state index in [0.29, 0.717) is 16.9 Å². The molecule has 0 amide bonds. The number of nitrogens with zero attached hydrogens (tertiary/aromatic N) is 3. The molecule has 2 aromatic heterocycles. The van der Waals surface area contributed by atoms with Crippen LogP contribution in [0.4, 0.5) is 0 Å². The van der Waals surface area contributed by atoms with Gasteiger partial charge in [-0.25, -0.2) is 18.2 Å². The highest BCUT2D eigenvalue weighted by atomic mass is 32.2. The van der Waals surface area contributed by atoms with E-state index in [9.17, 15) is 18.0 Å². The van der Waals surface area contributed by atoms with Crippen LogP contribution in [0.3, 0.4) is 0 Å². The molecule has 10 heteroatoms. The van der Waals surface area contributed by atoms with E-state index in [0.717, 1.165) is 5.56 Å². The molecule has 3 heterocycles. The molecule has 0 fully saturated rings. The zero-order valence-electron chi connectivity index (χ0n) is 16.2. The van der Waals surface area contributed by atoms with E-state index in [-0.39, 0.29) is 22.9 Å². The molecule has 0 spiro atoms. The third-order valence-corrected chi connectivity index (χ3v) is 6.03. The normalized spacial score (nSPS) is 16.8. The fraction of sp³-hybridized carbons (Fsp3) is 0.200. The molecular formula is C20H18N4O5S. The molecule has 0 bridgehead atoms. The summed E-state index contributed by atoms with van der Waals surface area (Å²) in [5.74, 6) is -0.578. The number of carbonyl (C=O) groups excluding carboxylic acids is 1. The summed E-state index contributed by atoms with van der Waals surface area (Å²) >= 11 is 0. The van der Waals surface area contributed by atoms with Crippen molar-refractivity contribution in [3.05, 3.63) is 75.8 Å². The van der Waals surface area contributed by atoms with Crippen molar-refractivity contribution in [3.63, 3.8) is 0 Å². The smallest absolute Gasteiger partial charge is 0.331 e. The highest BCUT2D eigenvalue weighted by molar-refractivity contribution is 7.90. The number of benzene rings is 1. The Morgan fingerprint density at radius 2 is 2.03 bits per heavy atom. The topological polar surface area (TPSA) is 119 Å². The average Bonchev–Trinajstić information content (AvgIpc) is 2.97. The van der Waals surface area contributed by atoms with Crippen LogP contribution in [-0.2, 0) is 26.2 Å². The zero-order chi connectivity index (χ0) is 21.5. The second-order valence-electron chi connectivity index (χ2n) is 6.83. The average molecular weight is 426 g/mol. The molecule has 9 nitrogen and oxygen atoms in total. The van der Waals surface area contributed by atoms with Gasteiger partial charge in [0.1, 0.15) is 24.1 Å². The largest absolute Gasteiger partial charge is 0.458 e. The van der Waals surface area contributed by atoms with E-state index in [1.54, 1.807) is 30.5 Å². The number of esters is 1. The number of hydrogen-bond acceptors (Lipinski definition) is 7. The SMILES string of the molecule is Cc1cccn2c(=O)cc(COC(=O)C(C)N=C3NS(=O)(=O)c4ccccc43)nc12. The number of amidine groups is 1. The molecule has 1 aliphatic heterocycles. The van der Waals surface area contributed by atoms with E-state index < -0.39 is 22.0 Å². The molecule has 0 aliphatic carbocycles. The molecule has 1 unspecified atom stereocenters. The summed E-state index contributed by atoms with van der Waals surface area (Å²) in [5.41, 5.74) is 1.74. The highest BCUT2D eigenvalue weighted by Crippen LogP contribution is 2.22. The third-order valence-electron chi connectivity index (χ3n) is 4.63. The molecule has 1 aliphatic rings. The number of pyridine rings is 1. The van der Waals surface area contributed by atoms with Gasteiger partial charge in [0.2, 0.25) is 0 Å². The molecule has 0 radical (unpaired) electrons. The van der Waals surface area contributed by atoms with Gasteiger partial charge in [0, 0.05) is 17.8 Å². The van der Waals surface area contributed by atoms with Gasteiger partial charge in [-0.1, -0.05) is 18.2 Å². The second kappa shape index (κ2) is 7.38. The lowest BCUT2D eigenvalue weighted by atomic mass is 10.2. The van der Waals surface area contributed by atoms with E-state index in [4.69, 9.17) is 4.74 Å². The Balaban J connectivity index is 1.52. The maximum Gasteiger partial charge on any atom is 0.331 e. The molecule has 30 heavy (non-hydrogen) atoms. The monoisotopic (exact) mass is 426 g/mol. The minimum atomic E-state index is -3.69. The Bertz CT molecular complexity index is 1360.